The van der Waals surface area contributed by atoms with Gasteiger partial charge in [0.2, 0.25) is 0 Å². The Bertz CT molecular complexity index is 921. The van der Waals surface area contributed by atoms with Gasteiger partial charge in [-0.15, -0.1) is 10.2 Å². The SMILES string of the molecule is CCOC(=O)c1noc(C)c1CSc1nnc(-c2ccc(F)cc2)n1C. The van der Waals surface area contributed by atoms with Crippen LogP contribution >= 0.6 is 11.8 Å². The van der Waals surface area contributed by atoms with E-state index in [1.165, 1.54) is 23.9 Å². The number of benzene rings is 1. The average Bonchev–Trinajstić information content (AvgIpc) is 3.17. The first-order valence-corrected chi connectivity index (χ1v) is 8.90. The molecule has 3 rings (SSSR count). The molecule has 136 valence electrons. The Labute approximate surface area is 153 Å². The Morgan fingerprint density at radius 1 is 1.31 bits per heavy atom. The number of thioether (sulfide) groups is 1. The molecule has 0 fully saturated rings. The van der Waals surface area contributed by atoms with Crippen molar-refractivity contribution in [2.45, 2.75) is 24.8 Å². The zero-order valence-corrected chi connectivity index (χ0v) is 15.3. The van der Waals surface area contributed by atoms with E-state index in [1.807, 2.05) is 11.6 Å². The zero-order chi connectivity index (χ0) is 18.7. The average molecular weight is 376 g/mol. The highest BCUT2D eigenvalue weighted by Gasteiger charge is 2.22. The van der Waals surface area contributed by atoms with Crippen molar-refractivity contribution in [3.8, 4) is 11.4 Å². The number of hydrogen-bond donors (Lipinski definition) is 0. The minimum absolute atomic E-state index is 0.178. The van der Waals surface area contributed by atoms with Gasteiger partial charge in [0.15, 0.2) is 16.7 Å². The van der Waals surface area contributed by atoms with Crippen molar-refractivity contribution in [1.82, 2.24) is 19.9 Å². The van der Waals surface area contributed by atoms with Crippen LogP contribution < -0.4 is 0 Å². The quantitative estimate of drug-likeness (QED) is 0.482. The summed E-state index contributed by atoms with van der Waals surface area (Å²) in [6.07, 6.45) is 0. The third-order valence-corrected chi connectivity index (χ3v) is 4.78. The van der Waals surface area contributed by atoms with Crippen LogP contribution in [-0.4, -0.2) is 32.5 Å². The van der Waals surface area contributed by atoms with Crippen molar-refractivity contribution >= 4 is 17.7 Å². The number of aromatic nitrogens is 4. The second-order valence-corrected chi connectivity index (χ2v) is 6.39. The van der Waals surface area contributed by atoms with Gasteiger partial charge in [-0.3, -0.25) is 0 Å². The maximum atomic E-state index is 13.1. The molecule has 0 radical (unpaired) electrons. The lowest BCUT2D eigenvalue weighted by molar-refractivity contribution is 0.0513. The fourth-order valence-electron chi connectivity index (χ4n) is 2.35. The molecule has 1 aromatic carbocycles. The molecule has 0 bridgehead atoms. The lowest BCUT2D eigenvalue weighted by Gasteiger charge is -2.04. The second kappa shape index (κ2) is 7.69. The molecule has 0 spiro atoms. The molecule has 0 atom stereocenters. The van der Waals surface area contributed by atoms with Gasteiger partial charge >= 0.3 is 5.97 Å². The molecule has 0 aliphatic rings. The number of carbonyl (C=O) groups is 1. The van der Waals surface area contributed by atoms with Crippen molar-refractivity contribution < 1.29 is 18.4 Å². The summed E-state index contributed by atoms with van der Waals surface area (Å²) in [7, 11) is 1.83. The molecule has 0 N–H and O–H groups in total. The van der Waals surface area contributed by atoms with Gasteiger partial charge in [-0.2, -0.15) is 0 Å². The number of rotatable bonds is 6. The van der Waals surface area contributed by atoms with Crippen molar-refractivity contribution in [3.63, 3.8) is 0 Å². The van der Waals surface area contributed by atoms with Gasteiger partial charge in [0.05, 0.1) is 6.61 Å². The lowest BCUT2D eigenvalue weighted by Crippen LogP contribution is -2.08. The number of halogens is 1. The maximum absolute atomic E-state index is 13.1. The van der Waals surface area contributed by atoms with Crippen LogP contribution in [0.1, 0.15) is 28.7 Å². The molecule has 0 aliphatic carbocycles. The number of carbonyl (C=O) groups excluding carboxylic acids is 1. The van der Waals surface area contributed by atoms with Gasteiger partial charge in [-0.25, -0.2) is 9.18 Å². The molecule has 0 unspecified atom stereocenters. The maximum Gasteiger partial charge on any atom is 0.360 e. The first-order chi connectivity index (χ1) is 12.5. The highest BCUT2D eigenvalue weighted by molar-refractivity contribution is 7.98. The van der Waals surface area contributed by atoms with Crippen molar-refractivity contribution in [1.29, 1.82) is 0 Å². The number of aryl methyl sites for hydroxylation is 1. The van der Waals surface area contributed by atoms with Crippen LogP contribution in [0.4, 0.5) is 4.39 Å². The third-order valence-electron chi connectivity index (χ3n) is 3.74. The number of nitrogens with zero attached hydrogens (tertiary/aromatic N) is 4. The van der Waals surface area contributed by atoms with Gasteiger partial charge < -0.3 is 13.8 Å². The van der Waals surface area contributed by atoms with Gasteiger partial charge in [0.25, 0.3) is 0 Å². The summed E-state index contributed by atoms with van der Waals surface area (Å²) in [6.45, 7) is 3.74. The normalized spacial score (nSPS) is 10.9. The lowest BCUT2D eigenvalue weighted by atomic mass is 10.2. The fraction of sp³-hybridized carbons (Fsp3) is 0.294. The standard InChI is InChI=1S/C17H17FN4O3S/c1-4-24-16(23)14-13(10(2)25-21-14)9-26-17-20-19-15(22(17)3)11-5-7-12(18)8-6-11/h5-8H,4,9H2,1-3H3. The smallest absolute Gasteiger partial charge is 0.360 e. The zero-order valence-electron chi connectivity index (χ0n) is 14.5. The molecule has 7 nitrogen and oxygen atoms in total. The Balaban J connectivity index is 1.78. The molecule has 3 aromatic rings. The van der Waals surface area contributed by atoms with Gasteiger partial charge in [-0.1, -0.05) is 16.9 Å². The third kappa shape index (κ3) is 3.62. The van der Waals surface area contributed by atoms with E-state index >= 15 is 0 Å². The molecule has 0 aliphatic heterocycles. The van der Waals surface area contributed by atoms with Crippen LogP contribution in [0.25, 0.3) is 11.4 Å². The summed E-state index contributed by atoms with van der Waals surface area (Å²) >= 11 is 1.39. The molecule has 2 aromatic heterocycles. The Morgan fingerprint density at radius 3 is 2.73 bits per heavy atom. The van der Waals surface area contributed by atoms with Gasteiger partial charge in [-0.05, 0) is 38.1 Å². The first-order valence-electron chi connectivity index (χ1n) is 7.91. The predicted molar refractivity (Wildman–Crippen MR) is 93.2 cm³/mol. The van der Waals surface area contributed by atoms with Crippen LogP contribution in [0.15, 0.2) is 33.9 Å². The minimum atomic E-state index is -0.509. The van der Waals surface area contributed by atoms with Gasteiger partial charge in [0.1, 0.15) is 11.6 Å². The molecule has 26 heavy (non-hydrogen) atoms. The monoisotopic (exact) mass is 376 g/mol. The summed E-state index contributed by atoms with van der Waals surface area (Å²) < 4.78 is 25.0. The van der Waals surface area contributed by atoms with Crippen LogP contribution in [0.2, 0.25) is 0 Å². The van der Waals surface area contributed by atoms with Gasteiger partial charge in [0, 0.05) is 23.9 Å². The summed E-state index contributed by atoms with van der Waals surface area (Å²) in [5.74, 6) is 0.797. The molecule has 0 amide bonds. The van der Waals surface area contributed by atoms with E-state index in [-0.39, 0.29) is 18.1 Å². The molecule has 9 heteroatoms. The molecule has 0 saturated heterocycles. The van der Waals surface area contributed by atoms with Crippen molar-refractivity contribution in [3.05, 3.63) is 47.1 Å². The predicted octanol–water partition coefficient (Wildman–Crippen LogP) is 3.39. The summed E-state index contributed by atoms with van der Waals surface area (Å²) in [6, 6.07) is 6.06. The van der Waals surface area contributed by atoms with Crippen LogP contribution in [0, 0.1) is 12.7 Å². The topological polar surface area (TPSA) is 83.0 Å². The van der Waals surface area contributed by atoms with Crippen LogP contribution in [-0.2, 0) is 17.5 Å². The van der Waals surface area contributed by atoms with E-state index in [0.29, 0.717) is 28.1 Å². The largest absolute Gasteiger partial charge is 0.461 e. The fourth-order valence-corrected chi connectivity index (χ4v) is 3.34. The summed E-state index contributed by atoms with van der Waals surface area (Å²) in [4.78, 5) is 12.0. The second-order valence-electron chi connectivity index (χ2n) is 5.45. The molecular formula is C17H17FN4O3S. The van der Waals surface area contributed by atoms with Crippen LogP contribution in [0.5, 0.6) is 0 Å². The van der Waals surface area contributed by atoms with Crippen molar-refractivity contribution in [2.75, 3.05) is 6.61 Å². The Morgan fingerprint density at radius 2 is 2.04 bits per heavy atom. The molecule has 2 heterocycles. The minimum Gasteiger partial charge on any atom is -0.461 e. The number of hydrogen-bond acceptors (Lipinski definition) is 7. The molecule has 0 saturated carbocycles. The molecular weight excluding hydrogens is 359 g/mol. The highest BCUT2D eigenvalue weighted by Crippen LogP contribution is 2.28. The van der Waals surface area contributed by atoms with E-state index < -0.39 is 5.97 Å². The van der Waals surface area contributed by atoms with Crippen molar-refractivity contribution in [2.24, 2.45) is 7.05 Å². The van der Waals surface area contributed by atoms with Crippen LogP contribution in [0.3, 0.4) is 0 Å². The highest BCUT2D eigenvalue weighted by atomic mass is 32.2. The first kappa shape index (κ1) is 18.1. The van der Waals surface area contributed by atoms with E-state index in [0.717, 1.165) is 5.56 Å². The van der Waals surface area contributed by atoms with E-state index in [1.54, 1.807) is 26.0 Å². The summed E-state index contributed by atoms with van der Waals surface area (Å²) in [5, 5.41) is 12.8. The van der Waals surface area contributed by atoms with E-state index in [2.05, 4.69) is 15.4 Å². The Hall–Kier alpha value is -2.68. The van der Waals surface area contributed by atoms with E-state index in [9.17, 15) is 9.18 Å². The Kier molecular flexibility index (Phi) is 5.36. The van der Waals surface area contributed by atoms with E-state index in [4.69, 9.17) is 9.26 Å². The summed E-state index contributed by atoms with van der Waals surface area (Å²) in [5.41, 5.74) is 1.61. The number of esters is 1. The number of ether oxygens (including phenoxy) is 1.